The summed E-state index contributed by atoms with van der Waals surface area (Å²) in [6.07, 6.45) is 0.398. The van der Waals surface area contributed by atoms with Crippen LogP contribution in [0.25, 0.3) is 0 Å². The Balaban J connectivity index is 2.35. The predicted molar refractivity (Wildman–Crippen MR) is 79.3 cm³/mol. The summed E-state index contributed by atoms with van der Waals surface area (Å²) in [6.45, 7) is 5.71. The van der Waals surface area contributed by atoms with Crippen LogP contribution < -0.4 is 10.2 Å². The van der Waals surface area contributed by atoms with Crippen LogP contribution in [0.4, 0.5) is 17.1 Å². The smallest absolute Gasteiger partial charge is 0.315 e. The lowest BCUT2D eigenvalue weighted by Crippen LogP contribution is -2.43. The molecule has 110 valence electrons. The summed E-state index contributed by atoms with van der Waals surface area (Å²) in [5, 5.41) is 24.4. The van der Waals surface area contributed by atoms with Gasteiger partial charge in [0.2, 0.25) is 0 Å². The fourth-order valence-corrected chi connectivity index (χ4v) is 2.58. The van der Waals surface area contributed by atoms with Crippen LogP contribution in [0.15, 0.2) is 18.2 Å². The lowest BCUT2D eigenvalue weighted by Gasteiger charge is -2.35. The highest BCUT2D eigenvalue weighted by Crippen LogP contribution is 2.37. The number of piperidine rings is 1. The molecule has 1 aliphatic rings. The maximum absolute atomic E-state index is 11.4. The number of rotatable bonds is 4. The van der Waals surface area contributed by atoms with Gasteiger partial charge in [0.1, 0.15) is 11.4 Å². The minimum Gasteiger partial charge on any atom is -0.391 e. The van der Waals surface area contributed by atoms with Crippen LogP contribution in [0.5, 0.6) is 0 Å². The fourth-order valence-electron chi connectivity index (χ4n) is 2.58. The van der Waals surface area contributed by atoms with Crippen LogP contribution in [0.2, 0.25) is 0 Å². The first-order valence-electron chi connectivity index (χ1n) is 6.98. The molecule has 1 saturated heterocycles. The molecule has 0 saturated carbocycles. The molecule has 6 nitrogen and oxygen atoms in total. The second kappa shape index (κ2) is 6.09. The predicted octanol–water partition coefficient (Wildman–Crippen LogP) is 2.23. The molecule has 1 aromatic carbocycles. The molecular formula is C14H21N3O3. The van der Waals surface area contributed by atoms with E-state index in [9.17, 15) is 15.2 Å². The number of para-hydroxylation sites is 1. The third-order valence-corrected chi connectivity index (χ3v) is 3.82. The van der Waals surface area contributed by atoms with Crippen molar-refractivity contribution in [2.24, 2.45) is 5.92 Å². The van der Waals surface area contributed by atoms with Crippen molar-refractivity contribution >= 4 is 17.1 Å². The molecule has 1 aromatic rings. The summed E-state index contributed by atoms with van der Waals surface area (Å²) in [6, 6.07) is 5.28. The number of nitro groups is 1. The molecule has 2 rings (SSSR count). The number of anilines is 2. The normalized spacial score (nSPS) is 22.6. The average molecular weight is 279 g/mol. The number of hydrogen-bond acceptors (Lipinski definition) is 5. The van der Waals surface area contributed by atoms with E-state index in [0.29, 0.717) is 24.5 Å². The number of hydrogen-bond donors (Lipinski definition) is 2. The summed E-state index contributed by atoms with van der Waals surface area (Å²) in [5.74, 6) is 0.238. The highest BCUT2D eigenvalue weighted by Gasteiger charge is 2.29. The fraction of sp³-hybridized carbons (Fsp3) is 0.571. The number of nitrogens with zero attached hydrogens (tertiary/aromatic N) is 2. The Morgan fingerprint density at radius 2 is 2.30 bits per heavy atom. The summed E-state index contributed by atoms with van der Waals surface area (Å²) in [5.41, 5.74) is 1.21. The number of benzene rings is 1. The van der Waals surface area contributed by atoms with E-state index in [1.54, 1.807) is 12.1 Å². The maximum Gasteiger partial charge on any atom is 0.315 e. The van der Waals surface area contributed by atoms with E-state index in [1.165, 1.54) is 0 Å². The van der Waals surface area contributed by atoms with Gasteiger partial charge in [-0.1, -0.05) is 13.0 Å². The molecule has 2 atom stereocenters. The number of nitro benzene ring substituents is 1. The molecule has 0 amide bonds. The minimum absolute atomic E-state index is 0.0936. The third kappa shape index (κ3) is 2.85. The van der Waals surface area contributed by atoms with E-state index >= 15 is 0 Å². The maximum atomic E-state index is 11.4. The van der Waals surface area contributed by atoms with Gasteiger partial charge in [-0.2, -0.15) is 0 Å². The zero-order valence-electron chi connectivity index (χ0n) is 11.9. The first kappa shape index (κ1) is 14.6. The monoisotopic (exact) mass is 279 g/mol. The second-order valence-corrected chi connectivity index (χ2v) is 5.24. The van der Waals surface area contributed by atoms with Gasteiger partial charge in [-0.05, 0) is 31.4 Å². The van der Waals surface area contributed by atoms with E-state index in [2.05, 4.69) is 5.32 Å². The van der Waals surface area contributed by atoms with E-state index in [4.69, 9.17) is 0 Å². The van der Waals surface area contributed by atoms with Crippen LogP contribution in [-0.2, 0) is 0 Å². The van der Waals surface area contributed by atoms with Crippen LogP contribution in [0.3, 0.4) is 0 Å². The van der Waals surface area contributed by atoms with Gasteiger partial charge in [0.15, 0.2) is 0 Å². The van der Waals surface area contributed by atoms with Crippen LogP contribution >= 0.6 is 0 Å². The Kier molecular flexibility index (Phi) is 4.44. The molecule has 6 heteroatoms. The molecule has 0 spiro atoms. The number of β-amino-alcohol motifs (C(OH)–C–C–N with tert-alkyl or cyclic N) is 1. The van der Waals surface area contributed by atoms with Crippen molar-refractivity contribution in [3.05, 3.63) is 28.3 Å². The van der Waals surface area contributed by atoms with Gasteiger partial charge in [0.25, 0.3) is 0 Å². The van der Waals surface area contributed by atoms with Crippen molar-refractivity contribution < 1.29 is 10.0 Å². The van der Waals surface area contributed by atoms with Gasteiger partial charge >= 0.3 is 5.69 Å². The van der Waals surface area contributed by atoms with E-state index in [0.717, 1.165) is 13.0 Å². The zero-order chi connectivity index (χ0) is 14.7. The largest absolute Gasteiger partial charge is 0.391 e. The summed E-state index contributed by atoms with van der Waals surface area (Å²) >= 11 is 0. The van der Waals surface area contributed by atoms with Crippen LogP contribution in [-0.4, -0.2) is 35.8 Å². The topological polar surface area (TPSA) is 78.6 Å². The first-order chi connectivity index (χ1) is 9.54. The molecule has 0 aromatic heterocycles. The van der Waals surface area contributed by atoms with Crippen molar-refractivity contribution in [2.75, 3.05) is 29.9 Å². The van der Waals surface area contributed by atoms with E-state index in [1.807, 2.05) is 24.8 Å². The van der Waals surface area contributed by atoms with Gasteiger partial charge in [-0.25, -0.2) is 0 Å². The summed E-state index contributed by atoms with van der Waals surface area (Å²) in [4.78, 5) is 12.9. The highest BCUT2D eigenvalue weighted by molar-refractivity contribution is 5.77. The quantitative estimate of drug-likeness (QED) is 0.652. The van der Waals surface area contributed by atoms with Gasteiger partial charge in [0, 0.05) is 19.6 Å². The van der Waals surface area contributed by atoms with Crippen LogP contribution in [0, 0.1) is 16.0 Å². The third-order valence-electron chi connectivity index (χ3n) is 3.82. The standard InChI is InChI=1S/C14H21N3O3/c1-3-15-11-5-4-6-12(14(11)17(19)20)16-8-7-10(2)13(18)9-16/h4-6,10,13,15,18H,3,7-9H2,1-2H3. The summed E-state index contributed by atoms with van der Waals surface area (Å²) < 4.78 is 0. The van der Waals surface area contributed by atoms with Crippen LogP contribution in [0.1, 0.15) is 20.3 Å². The Morgan fingerprint density at radius 1 is 1.55 bits per heavy atom. The second-order valence-electron chi connectivity index (χ2n) is 5.24. The van der Waals surface area contributed by atoms with Gasteiger partial charge in [0.05, 0.1) is 11.0 Å². The number of aliphatic hydroxyl groups is 1. The molecule has 20 heavy (non-hydrogen) atoms. The number of nitrogens with one attached hydrogen (secondary N) is 1. The average Bonchev–Trinajstić information content (AvgIpc) is 2.42. The number of aliphatic hydroxyl groups excluding tert-OH is 1. The lowest BCUT2D eigenvalue weighted by atomic mass is 9.95. The highest BCUT2D eigenvalue weighted by atomic mass is 16.6. The molecule has 2 N–H and O–H groups in total. The van der Waals surface area contributed by atoms with Crippen molar-refractivity contribution in [3.8, 4) is 0 Å². The lowest BCUT2D eigenvalue weighted by molar-refractivity contribution is -0.383. The van der Waals surface area contributed by atoms with Gasteiger partial charge in [-0.15, -0.1) is 0 Å². The SMILES string of the molecule is CCNc1cccc(N2CCC(C)C(O)C2)c1[N+](=O)[O-]. The van der Waals surface area contributed by atoms with E-state index < -0.39 is 6.10 Å². The Hall–Kier alpha value is -1.82. The molecule has 2 unspecified atom stereocenters. The molecule has 1 fully saturated rings. The van der Waals surface area contributed by atoms with Gasteiger partial charge in [-0.3, -0.25) is 10.1 Å². The molecule has 0 aliphatic carbocycles. The zero-order valence-corrected chi connectivity index (χ0v) is 11.9. The molecule has 1 heterocycles. The van der Waals surface area contributed by atoms with Crippen molar-refractivity contribution in [3.63, 3.8) is 0 Å². The minimum atomic E-state index is -0.439. The van der Waals surface area contributed by atoms with Gasteiger partial charge < -0.3 is 15.3 Å². The Bertz CT molecular complexity index is 493. The molecule has 1 aliphatic heterocycles. The van der Waals surface area contributed by atoms with Crippen molar-refractivity contribution in [1.29, 1.82) is 0 Å². The van der Waals surface area contributed by atoms with Crippen molar-refractivity contribution in [2.45, 2.75) is 26.4 Å². The van der Waals surface area contributed by atoms with E-state index in [-0.39, 0.29) is 16.5 Å². The molecule has 0 radical (unpaired) electrons. The van der Waals surface area contributed by atoms with Crippen molar-refractivity contribution in [1.82, 2.24) is 0 Å². The Morgan fingerprint density at radius 3 is 2.90 bits per heavy atom. The Labute approximate surface area is 118 Å². The first-order valence-corrected chi connectivity index (χ1v) is 6.98. The summed E-state index contributed by atoms with van der Waals surface area (Å²) in [7, 11) is 0. The molecule has 0 bridgehead atoms. The molecular weight excluding hydrogens is 258 g/mol.